The van der Waals surface area contributed by atoms with Crippen LogP contribution in [0.25, 0.3) is 0 Å². The molecule has 2 aliphatic rings. The van der Waals surface area contributed by atoms with E-state index in [1.54, 1.807) is 0 Å². The van der Waals surface area contributed by atoms with Crippen molar-refractivity contribution in [2.45, 2.75) is 51.0 Å². The molecule has 0 saturated heterocycles. The van der Waals surface area contributed by atoms with Gasteiger partial charge in [-0.3, -0.25) is 4.79 Å². The van der Waals surface area contributed by atoms with E-state index >= 15 is 0 Å². The smallest absolute Gasteiger partial charge is 0.234 e. The van der Waals surface area contributed by atoms with E-state index in [9.17, 15) is 4.79 Å². The fourth-order valence-electron chi connectivity index (χ4n) is 3.25. The second-order valence-corrected chi connectivity index (χ2v) is 5.28. The topological polar surface area (TPSA) is 20.3 Å². The molecule has 1 amide bonds. The highest BCUT2D eigenvalue weighted by Gasteiger charge is 2.38. The third kappa shape index (κ3) is 1.67. The van der Waals surface area contributed by atoms with Gasteiger partial charge in [-0.05, 0) is 31.4 Å². The highest BCUT2D eigenvalue weighted by Crippen LogP contribution is 2.40. The van der Waals surface area contributed by atoms with Crippen LogP contribution in [0.2, 0.25) is 0 Å². The maximum Gasteiger partial charge on any atom is 0.234 e. The van der Waals surface area contributed by atoms with E-state index in [4.69, 9.17) is 0 Å². The van der Waals surface area contributed by atoms with Crippen molar-refractivity contribution < 1.29 is 4.79 Å². The van der Waals surface area contributed by atoms with Gasteiger partial charge in [-0.2, -0.15) is 0 Å². The highest BCUT2D eigenvalue weighted by atomic mass is 16.2. The number of benzene rings is 1. The number of fused-ring (bicyclic) bond motifs is 1. The van der Waals surface area contributed by atoms with Gasteiger partial charge < -0.3 is 4.90 Å². The lowest BCUT2D eigenvalue weighted by Crippen LogP contribution is -2.39. The maximum absolute atomic E-state index is 12.4. The van der Waals surface area contributed by atoms with Crippen LogP contribution in [-0.2, 0) is 4.79 Å². The summed E-state index contributed by atoms with van der Waals surface area (Å²) < 4.78 is 0. The first-order valence-corrected chi connectivity index (χ1v) is 6.71. The van der Waals surface area contributed by atoms with Crippen molar-refractivity contribution in [3.05, 3.63) is 29.8 Å². The summed E-state index contributed by atoms with van der Waals surface area (Å²) in [5, 5.41) is 0. The molecule has 0 N–H and O–H groups in total. The fraction of sp³-hybridized carbons (Fsp3) is 0.533. The molecule has 1 aromatic carbocycles. The molecule has 0 bridgehead atoms. The van der Waals surface area contributed by atoms with Crippen molar-refractivity contribution in [3.63, 3.8) is 0 Å². The molecule has 17 heavy (non-hydrogen) atoms. The summed E-state index contributed by atoms with van der Waals surface area (Å²) in [5.74, 6) is 0.353. The van der Waals surface area contributed by atoms with E-state index in [1.807, 2.05) is 19.1 Å². The molecule has 1 heterocycles. The van der Waals surface area contributed by atoms with Gasteiger partial charge in [0.15, 0.2) is 0 Å². The summed E-state index contributed by atoms with van der Waals surface area (Å²) in [4.78, 5) is 14.5. The lowest BCUT2D eigenvalue weighted by molar-refractivity contribution is -0.119. The molecule has 2 heteroatoms. The number of anilines is 1. The minimum absolute atomic E-state index is 0.0492. The molecule has 1 fully saturated rings. The number of rotatable bonds is 1. The van der Waals surface area contributed by atoms with Crippen molar-refractivity contribution in [2.75, 3.05) is 4.90 Å². The number of hydrogen-bond acceptors (Lipinski definition) is 1. The third-order valence-electron chi connectivity index (χ3n) is 4.21. The maximum atomic E-state index is 12.4. The molecule has 1 atom stereocenters. The molecule has 0 spiro atoms. The molecule has 0 radical (unpaired) electrons. The predicted molar refractivity (Wildman–Crippen MR) is 69.2 cm³/mol. The van der Waals surface area contributed by atoms with Crippen molar-refractivity contribution in [1.82, 2.24) is 0 Å². The highest BCUT2D eigenvalue weighted by molar-refractivity contribution is 6.05. The zero-order valence-electron chi connectivity index (χ0n) is 10.4. The van der Waals surface area contributed by atoms with Crippen LogP contribution < -0.4 is 4.90 Å². The zero-order chi connectivity index (χ0) is 11.8. The monoisotopic (exact) mass is 229 g/mol. The molecule has 90 valence electrons. The average Bonchev–Trinajstić information content (AvgIpc) is 2.64. The van der Waals surface area contributed by atoms with Gasteiger partial charge in [-0.1, -0.05) is 37.5 Å². The second kappa shape index (κ2) is 4.17. The van der Waals surface area contributed by atoms with Crippen LogP contribution in [0.1, 0.15) is 50.5 Å². The normalized spacial score (nSPS) is 25.1. The molecule has 1 aliphatic carbocycles. The van der Waals surface area contributed by atoms with Crippen LogP contribution in [0.3, 0.4) is 0 Å². The standard InChI is InChI=1S/C15H19NO/c1-11-13-9-5-6-10-14(13)16(15(11)17)12-7-3-2-4-8-12/h5-6,9-12H,2-4,7-8H2,1H3. The Morgan fingerprint density at radius 3 is 2.59 bits per heavy atom. The van der Waals surface area contributed by atoms with E-state index in [1.165, 1.54) is 37.7 Å². The lowest BCUT2D eigenvalue weighted by Gasteiger charge is -2.31. The Morgan fingerprint density at radius 1 is 1.12 bits per heavy atom. The summed E-state index contributed by atoms with van der Waals surface area (Å²) in [5.41, 5.74) is 2.37. The van der Waals surface area contributed by atoms with Crippen LogP contribution in [0.5, 0.6) is 0 Å². The fourth-order valence-corrected chi connectivity index (χ4v) is 3.25. The molecule has 3 rings (SSSR count). The summed E-state index contributed by atoms with van der Waals surface area (Å²) in [6, 6.07) is 8.72. The first-order valence-electron chi connectivity index (χ1n) is 6.71. The quantitative estimate of drug-likeness (QED) is 0.722. The summed E-state index contributed by atoms with van der Waals surface area (Å²) in [7, 11) is 0. The first kappa shape index (κ1) is 10.8. The SMILES string of the molecule is CC1C(=O)N(C2CCCCC2)c2ccccc21. The van der Waals surface area contributed by atoms with Gasteiger partial charge in [0, 0.05) is 11.7 Å². The molecular formula is C15H19NO. The van der Waals surface area contributed by atoms with E-state index < -0.39 is 0 Å². The van der Waals surface area contributed by atoms with Crippen molar-refractivity contribution in [2.24, 2.45) is 0 Å². The van der Waals surface area contributed by atoms with Crippen molar-refractivity contribution in [1.29, 1.82) is 0 Å². The van der Waals surface area contributed by atoms with Gasteiger partial charge in [-0.15, -0.1) is 0 Å². The van der Waals surface area contributed by atoms with Crippen molar-refractivity contribution >= 4 is 11.6 Å². The molecular weight excluding hydrogens is 210 g/mol. The van der Waals surface area contributed by atoms with E-state index in [0.29, 0.717) is 11.9 Å². The van der Waals surface area contributed by atoms with Gasteiger partial charge in [0.25, 0.3) is 0 Å². The Kier molecular flexibility index (Phi) is 2.65. The van der Waals surface area contributed by atoms with Crippen LogP contribution >= 0.6 is 0 Å². The summed E-state index contributed by atoms with van der Waals surface area (Å²) >= 11 is 0. The Morgan fingerprint density at radius 2 is 1.82 bits per heavy atom. The Bertz CT molecular complexity index is 434. The van der Waals surface area contributed by atoms with Crippen LogP contribution in [0.15, 0.2) is 24.3 Å². The minimum Gasteiger partial charge on any atom is -0.309 e. The van der Waals surface area contributed by atoms with E-state index in [2.05, 4.69) is 17.0 Å². The number of amides is 1. The largest absolute Gasteiger partial charge is 0.309 e. The molecule has 1 unspecified atom stereocenters. The first-order chi connectivity index (χ1) is 8.29. The van der Waals surface area contributed by atoms with E-state index in [-0.39, 0.29) is 5.92 Å². The summed E-state index contributed by atoms with van der Waals surface area (Å²) in [6.45, 7) is 2.03. The van der Waals surface area contributed by atoms with Gasteiger partial charge in [0.2, 0.25) is 5.91 Å². The van der Waals surface area contributed by atoms with Crippen LogP contribution in [-0.4, -0.2) is 11.9 Å². The molecule has 1 aliphatic heterocycles. The predicted octanol–water partition coefficient (Wildman–Crippen LogP) is 3.47. The number of nitrogens with zero attached hydrogens (tertiary/aromatic N) is 1. The number of carbonyl (C=O) groups excluding carboxylic acids is 1. The van der Waals surface area contributed by atoms with Gasteiger partial charge in [-0.25, -0.2) is 0 Å². The molecule has 1 aromatic rings. The number of hydrogen-bond donors (Lipinski definition) is 0. The Labute approximate surface area is 103 Å². The Hall–Kier alpha value is -1.31. The third-order valence-corrected chi connectivity index (χ3v) is 4.21. The Balaban J connectivity index is 1.97. The second-order valence-electron chi connectivity index (χ2n) is 5.28. The van der Waals surface area contributed by atoms with Crippen molar-refractivity contribution in [3.8, 4) is 0 Å². The number of para-hydroxylation sites is 1. The van der Waals surface area contributed by atoms with Gasteiger partial charge in [0.05, 0.1) is 5.92 Å². The van der Waals surface area contributed by atoms with Gasteiger partial charge in [0.1, 0.15) is 0 Å². The van der Waals surface area contributed by atoms with Crippen LogP contribution in [0, 0.1) is 0 Å². The van der Waals surface area contributed by atoms with E-state index in [0.717, 1.165) is 5.69 Å². The average molecular weight is 229 g/mol. The molecule has 2 nitrogen and oxygen atoms in total. The van der Waals surface area contributed by atoms with Crippen LogP contribution in [0.4, 0.5) is 5.69 Å². The lowest BCUT2D eigenvalue weighted by atomic mass is 9.94. The number of carbonyl (C=O) groups is 1. The summed E-state index contributed by atoms with van der Waals surface area (Å²) in [6.07, 6.45) is 6.21. The molecule has 1 saturated carbocycles. The van der Waals surface area contributed by atoms with Gasteiger partial charge >= 0.3 is 0 Å². The minimum atomic E-state index is 0.0492. The molecule has 0 aromatic heterocycles. The zero-order valence-corrected chi connectivity index (χ0v) is 10.4.